The van der Waals surface area contributed by atoms with Crippen LogP contribution >= 0.6 is 0 Å². The van der Waals surface area contributed by atoms with Crippen molar-refractivity contribution in [2.75, 3.05) is 50.8 Å². The number of hydrogen-bond acceptors (Lipinski definition) is 4. The number of rotatable bonds is 6. The number of benzene rings is 1. The standard InChI is InChI=1S/C16H25N3O2/c1-14-3-5-15(6-4-14)19(8-2-7-17)13-16(20)18-9-11-21-12-10-18/h3-6H,2,7-13,17H2,1H3. The Morgan fingerprint density at radius 1 is 1.29 bits per heavy atom. The first-order chi connectivity index (χ1) is 10.2. The summed E-state index contributed by atoms with van der Waals surface area (Å²) in [5.41, 5.74) is 7.91. The molecule has 1 aromatic rings. The van der Waals surface area contributed by atoms with E-state index in [-0.39, 0.29) is 5.91 Å². The zero-order valence-electron chi connectivity index (χ0n) is 12.8. The van der Waals surface area contributed by atoms with Crippen LogP contribution in [0.1, 0.15) is 12.0 Å². The minimum absolute atomic E-state index is 0.163. The molecule has 1 fully saturated rings. The number of nitrogens with two attached hydrogens (primary N) is 1. The van der Waals surface area contributed by atoms with E-state index in [0.717, 1.165) is 18.7 Å². The van der Waals surface area contributed by atoms with E-state index < -0.39 is 0 Å². The van der Waals surface area contributed by atoms with Crippen LogP contribution in [0.15, 0.2) is 24.3 Å². The lowest BCUT2D eigenvalue weighted by Crippen LogP contribution is -2.46. The summed E-state index contributed by atoms with van der Waals surface area (Å²) >= 11 is 0. The van der Waals surface area contributed by atoms with Crippen molar-refractivity contribution < 1.29 is 9.53 Å². The molecule has 0 aliphatic carbocycles. The van der Waals surface area contributed by atoms with Gasteiger partial charge >= 0.3 is 0 Å². The number of aryl methyl sites for hydroxylation is 1. The smallest absolute Gasteiger partial charge is 0.242 e. The molecule has 0 radical (unpaired) electrons. The minimum Gasteiger partial charge on any atom is -0.378 e. The summed E-state index contributed by atoms with van der Waals surface area (Å²) < 4.78 is 5.29. The van der Waals surface area contributed by atoms with Crippen LogP contribution in [0.2, 0.25) is 0 Å². The van der Waals surface area contributed by atoms with Crippen LogP contribution in [0, 0.1) is 6.92 Å². The summed E-state index contributed by atoms with van der Waals surface area (Å²) in [6.45, 7) is 6.56. The predicted octanol–water partition coefficient (Wildman–Crippen LogP) is 1.01. The molecular weight excluding hydrogens is 266 g/mol. The Morgan fingerprint density at radius 2 is 1.95 bits per heavy atom. The maximum absolute atomic E-state index is 12.4. The van der Waals surface area contributed by atoms with Crippen molar-refractivity contribution >= 4 is 11.6 Å². The van der Waals surface area contributed by atoms with Crippen molar-refractivity contribution in [1.82, 2.24) is 4.90 Å². The zero-order valence-corrected chi connectivity index (χ0v) is 12.8. The summed E-state index contributed by atoms with van der Waals surface area (Å²) in [4.78, 5) is 16.4. The molecule has 0 spiro atoms. The van der Waals surface area contributed by atoms with Crippen LogP contribution in [0.3, 0.4) is 0 Å². The van der Waals surface area contributed by atoms with E-state index in [0.29, 0.717) is 39.4 Å². The molecule has 0 atom stereocenters. The largest absolute Gasteiger partial charge is 0.378 e. The van der Waals surface area contributed by atoms with E-state index in [1.807, 2.05) is 4.90 Å². The van der Waals surface area contributed by atoms with E-state index in [2.05, 4.69) is 36.1 Å². The van der Waals surface area contributed by atoms with E-state index in [4.69, 9.17) is 10.5 Å². The third-order valence-electron chi connectivity index (χ3n) is 3.72. The van der Waals surface area contributed by atoms with Crippen molar-refractivity contribution in [3.05, 3.63) is 29.8 Å². The quantitative estimate of drug-likeness (QED) is 0.850. The first-order valence-electron chi connectivity index (χ1n) is 7.58. The number of nitrogens with zero attached hydrogens (tertiary/aromatic N) is 2. The van der Waals surface area contributed by atoms with Crippen LogP contribution < -0.4 is 10.6 Å². The third-order valence-corrected chi connectivity index (χ3v) is 3.72. The molecule has 1 heterocycles. The second-order valence-corrected chi connectivity index (χ2v) is 5.39. The fourth-order valence-corrected chi connectivity index (χ4v) is 2.41. The van der Waals surface area contributed by atoms with Gasteiger partial charge in [0.1, 0.15) is 0 Å². The highest BCUT2D eigenvalue weighted by atomic mass is 16.5. The highest BCUT2D eigenvalue weighted by molar-refractivity contribution is 5.81. The predicted molar refractivity (Wildman–Crippen MR) is 84.5 cm³/mol. The molecule has 1 amide bonds. The van der Waals surface area contributed by atoms with Crippen molar-refractivity contribution in [2.45, 2.75) is 13.3 Å². The number of amides is 1. The molecule has 1 aliphatic heterocycles. The minimum atomic E-state index is 0.163. The molecule has 21 heavy (non-hydrogen) atoms. The number of ether oxygens (including phenoxy) is 1. The lowest BCUT2D eigenvalue weighted by atomic mass is 10.2. The maximum atomic E-state index is 12.4. The van der Waals surface area contributed by atoms with Crippen LogP contribution in [0.4, 0.5) is 5.69 Å². The summed E-state index contributed by atoms with van der Waals surface area (Å²) in [6, 6.07) is 8.28. The van der Waals surface area contributed by atoms with Crippen LogP contribution in [0.5, 0.6) is 0 Å². The molecule has 1 aromatic carbocycles. The molecule has 5 nitrogen and oxygen atoms in total. The van der Waals surface area contributed by atoms with Crippen molar-refractivity contribution in [2.24, 2.45) is 5.73 Å². The average Bonchev–Trinajstić information content (AvgIpc) is 2.53. The molecule has 1 aliphatic rings. The molecule has 5 heteroatoms. The van der Waals surface area contributed by atoms with E-state index in [9.17, 15) is 4.79 Å². The van der Waals surface area contributed by atoms with Crippen molar-refractivity contribution in [1.29, 1.82) is 0 Å². The normalized spacial score (nSPS) is 15.0. The van der Waals surface area contributed by atoms with Gasteiger partial charge in [-0.05, 0) is 32.0 Å². The Hall–Kier alpha value is -1.59. The summed E-state index contributed by atoms with van der Waals surface area (Å²) in [6.07, 6.45) is 0.879. The molecule has 0 aromatic heterocycles. The highest BCUT2D eigenvalue weighted by Crippen LogP contribution is 2.16. The molecule has 0 bridgehead atoms. The van der Waals surface area contributed by atoms with Gasteiger partial charge in [0.15, 0.2) is 0 Å². The summed E-state index contributed by atoms with van der Waals surface area (Å²) in [5, 5.41) is 0. The Bertz CT molecular complexity index is 441. The van der Waals surface area contributed by atoms with Crippen LogP contribution in [-0.2, 0) is 9.53 Å². The van der Waals surface area contributed by atoms with Crippen LogP contribution in [0.25, 0.3) is 0 Å². The Morgan fingerprint density at radius 3 is 2.57 bits per heavy atom. The van der Waals surface area contributed by atoms with Gasteiger partial charge in [0.2, 0.25) is 5.91 Å². The third kappa shape index (κ3) is 4.72. The van der Waals surface area contributed by atoms with Gasteiger partial charge in [-0.25, -0.2) is 0 Å². The lowest BCUT2D eigenvalue weighted by Gasteiger charge is -2.31. The Balaban J connectivity index is 2.01. The average molecular weight is 291 g/mol. The lowest BCUT2D eigenvalue weighted by molar-refractivity contribution is -0.133. The van der Waals surface area contributed by atoms with Crippen molar-refractivity contribution in [3.63, 3.8) is 0 Å². The molecular formula is C16H25N3O2. The fourth-order valence-electron chi connectivity index (χ4n) is 2.41. The second kappa shape index (κ2) is 8.00. The number of carbonyl (C=O) groups is 1. The Labute approximate surface area is 126 Å². The number of anilines is 1. The van der Waals surface area contributed by atoms with Gasteiger partial charge in [-0.1, -0.05) is 17.7 Å². The second-order valence-electron chi connectivity index (χ2n) is 5.39. The van der Waals surface area contributed by atoms with Gasteiger partial charge in [0, 0.05) is 25.3 Å². The van der Waals surface area contributed by atoms with Crippen molar-refractivity contribution in [3.8, 4) is 0 Å². The molecule has 1 saturated heterocycles. The molecule has 2 N–H and O–H groups in total. The molecule has 0 saturated carbocycles. The molecule has 116 valence electrons. The van der Waals surface area contributed by atoms with Gasteiger partial charge < -0.3 is 20.3 Å². The van der Waals surface area contributed by atoms with Gasteiger partial charge in [-0.3, -0.25) is 4.79 Å². The highest BCUT2D eigenvalue weighted by Gasteiger charge is 2.19. The van der Waals surface area contributed by atoms with E-state index in [1.54, 1.807) is 0 Å². The van der Waals surface area contributed by atoms with Gasteiger partial charge in [-0.2, -0.15) is 0 Å². The van der Waals surface area contributed by atoms with E-state index in [1.165, 1.54) is 5.56 Å². The topological polar surface area (TPSA) is 58.8 Å². The number of hydrogen-bond donors (Lipinski definition) is 1. The Kier molecular flexibility index (Phi) is 6.02. The van der Waals surface area contributed by atoms with Gasteiger partial charge in [0.05, 0.1) is 19.8 Å². The number of morpholine rings is 1. The SMILES string of the molecule is Cc1ccc(N(CCCN)CC(=O)N2CCOCC2)cc1. The first-order valence-corrected chi connectivity index (χ1v) is 7.58. The monoisotopic (exact) mass is 291 g/mol. The first kappa shape index (κ1) is 15.8. The summed E-state index contributed by atoms with van der Waals surface area (Å²) in [7, 11) is 0. The maximum Gasteiger partial charge on any atom is 0.242 e. The fraction of sp³-hybridized carbons (Fsp3) is 0.562. The summed E-state index contributed by atoms with van der Waals surface area (Å²) in [5.74, 6) is 0.163. The van der Waals surface area contributed by atoms with E-state index >= 15 is 0 Å². The van der Waals surface area contributed by atoms with Crippen LogP contribution in [-0.4, -0.2) is 56.7 Å². The molecule has 2 rings (SSSR count). The number of carbonyl (C=O) groups excluding carboxylic acids is 1. The van der Waals surface area contributed by atoms with Gasteiger partial charge in [-0.15, -0.1) is 0 Å². The van der Waals surface area contributed by atoms with Gasteiger partial charge in [0.25, 0.3) is 0 Å². The zero-order chi connectivity index (χ0) is 15.1. The molecule has 0 unspecified atom stereocenters.